The van der Waals surface area contributed by atoms with E-state index in [1.165, 1.54) is 23.3 Å². The van der Waals surface area contributed by atoms with Crippen molar-refractivity contribution >= 4 is 23.4 Å². The first kappa shape index (κ1) is 23.7. The maximum Gasteiger partial charge on any atom is 0.263 e. The van der Waals surface area contributed by atoms with E-state index in [1.54, 1.807) is 42.3 Å². The molecule has 36 heavy (non-hydrogen) atoms. The minimum absolute atomic E-state index is 0.00870. The summed E-state index contributed by atoms with van der Waals surface area (Å²) in [4.78, 5) is 44.5. The van der Waals surface area contributed by atoms with Crippen LogP contribution >= 0.6 is 0 Å². The molecule has 186 valence electrons. The van der Waals surface area contributed by atoms with Crippen LogP contribution in [0.4, 0.5) is 10.1 Å². The number of amides is 3. The van der Waals surface area contributed by atoms with Gasteiger partial charge in [-0.25, -0.2) is 4.39 Å². The summed E-state index contributed by atoms with van der Waals surface area (Å²) in [6.45, 7) is 1.68. The number of benzene rings is 2. The SMILES string of the molecule is CN(Cc1ccon1)C(=O)[C@H]1CCCN(c2cccc3c2C(=O)N(CCc2cccc(F)c2)C3=O)C1. The normalized spacial score (nSPS) is 17.4. The van der Waals surface area contributed by atoms with Crippen molar-refractivity contribution in [3.05, 3.63) is 83.0 Å². The summed E-state index contributed by atoms with van der Waals surface area (Å²) in [5.41, 5.74) is 2.83. The lowest BCUT2D eigenvalue weighted by atomic mass is 9.95. The van der Waals surface area contributed by atoms with Crippen molar-refractivity contribution in [3.8, 4) is 0 Å². The minimum Gasteiger partial charge on any atom is -0.370 e. The molecule has 8 nitrogen and oxygen atoms in total. The molecule has 5 rings (SSSR count). The van der Waals surface area contributed by atoms with Crippen LogP contribution in [0.5, 0.6) is 0 Å². The Labute approximate surface area is 208 Å². The lowest BCUT2D eigenvalue weighted by molar-refractivity contribution is -0.135. The van der Waals surface area contributed by atoms with Gasteiger partial charge in [0.1, 0.15) is 17.8 Å². The molecular weight excluding hydrogens is 463 g/mol. The zero-order valence-electron chi connectivity index (χ0n) is 20.0. The number of fused-ring (bicyclic) bond motifs is 1. The topological polar surface area (TPSA) is 87.0 Å². The fraction of sp³-hybridized carbons (Fsp3) is 0.333. The minimum atomic E-state index is -0.349. The molecule has 0 N–H and O–H groups in total. The van der Waals surface area contributed by atoms with E-state index in [9.17, 15) is 18.8 Å². The first-order chi connectivity index (χ1) is 17.4. The summed E-state index contributed by atoms with van der Waals surface area (Å²) in [6, 6.07) is 13.2. The van der Waals surface area contributed by atoms with Crippen LogP contribution in [0.2, 0.25) is 0 Å². The highest BCUT2D eigenvalue weighted by atomic mass is 19.1. The second-order valence-electron chi connectivity index (χ2n) is 9.31. The van der Waals surface area contributed by atoms with E-state index in [0.29, 0.717) is 48.6 Å². The predicted molar refractivity (Wildman–Crippen MR) is 130 cm³/mol. The number of nitrogens with zero attached hydrogens (tertiary/aromatic N) is 4. The molecule has 0 aliphatic carbocycles. The van der Waals surface area contributed by atoms with Gasteiger partial charge < -0.3 is 14.3 Å². The molecule has 0 saturated carbocycles. The molecule has 2 aliphatic rings. The molecule has 1 fully saturated rings. The Kier molecular flexibility index (Phi) is 6.54. The summed E-state index contributed by atoms with van der Waals surface area (Å²) < 4.78 is 18.4. The number of hydrogen-bond donors (Lipinski definition) is 0. The standard InChI is InChI=1S/C27H27FN4O4/c1-30(17-21-11-14-36-29-21)25(33)19-6-4-12-31(16-19)23-9-3-8-22-24(23)27(35)32(26(22)34)13-10-18-5-2-7-20(28)15-18/h2-3,5,7-9,11,14-15,19H,4,6,10,12-13,16-17H2,1H3/t19-/m0/s1. The van der Waals surface area contributed by atoms with Gasteiger partial charge in [0, 0.05) is 32.7 Å². The largest absolute Gasteiger partial charge is 0.370 e. The van der Waals surface area contributed by atoms with Gasteiger partial charge in [0.2, 0.25) is 5.91 Å². The highest BCUT2D eigenvalue weighted by molar-refractivity contribution is 6.23. The third-order valence-electron chi connectivity index (χ3n) is 6.87. The van der Waals surface area contributed by atoms with E-state index in [0.717, 1.165) is 18.4 Å². The average molecular weight is 491 g/mol. The first-order valence-corrected chi connectivity index (χ1v) is 12.0. The van der Waals surface area contributed by atoms with Crippen molar-refractivity contribution in [1.29, 1.82) is 0 Å². The van der Waals surface area contributed by atoms with E-state index in [1.807, 2.05) is 11.0 Å². The van der Waals surface area contributed by atoms with Gasteiger partial charge in [0.05, 0.1) is 29.3 Å². The number of imide groups is 1. The van der Waals surface area contributed by atoms with Gasteiger partial charge in [-0.05, 0) is 49.1 Å². The number of hydrogen-bond acceptors (Lipinski definition) is 6. The molecule has 3 amide bonds. The van der Waals surface area contributed by atoms with Gasteiger partial charge in [0.15, 0.2) is 0 Å². The summed E-state index contributed by atoms with van der Waals surface area (Å²) in [7, 11) is 1.74. The van der Waals surface area contributed by atoms with Gasteiger partial charge in [-0.15, -0.1) is 0 Å². The maximum absolute atomic E-state index is 13.5. The Morgan fingerprint density at radius 2 is 2.00 bits per heavy atom. The van der Waals surface area contributed by atoms with Crippen LogP contribution in [0.15, 0.2) is 59.3 Å². The fourth-order valence-electron chi connectivity index (χ4n) is 5.06. The van der Waals surface area contributed by atoms with Crippen LogP contribution in [0.3, 0.4) is 0 Å². The van der Waals surface area contributed by atoms with E-state index < -0.39 is 0 Å². The van der Waals surface area contributed by atoms with Crippen molar-refractivity contribution < 1.29 is 23.3 Å². The molecule has 1 saturated heterocycles. The van der Waals surface area contributed by atoms with Gasteiger partial charge in [-0.1, -0.05) is 23.4 Å². The second kappa shape index (κ2) is 9.93. The number of carbonyl (C=O) groups excluding carboxylic acids is 3. The molecule has 0 unspecified atom stereocenters. The summed E-state index contributed by atoms with van der Waals surface area (Å²) >= 11 is 0. The molecule has 1 aromatic heterocycles. The summed E-state index contributed by atoms with van der Waals surface area (Å²) in [5.74, 6) is -1.26. The molecule has 3 heterocycles. The van der Waals surface area contributed by atoms with E-state index in [4.69, 9.17) is 4.52 Å². The highest BCUT2D eigenvalue weighted by Gasteiger charge is 2.39. The van der Waals surface area contributed by atoms with Crippen LogP contribution in [0, 0.1) is 11.7 Å². The summed E-state index contributed by atoms with van der Waals surface area (Å²) in [6.07, 6.45) is 3.39. The van der Waals surface area contributed by atoms with Crippen LogP contribution in [0.1, 0.15) is 44.8 Å². The summed E-state index contributed by atoms with van der Waals surface area (Å²) in [5, 5.41) is 3.87. The Hall–Kier alpha value is -4.01. The number of carbonyl (C=O) groups is 3. The number of halogens is 1. The molecule has 3 aromatic rings. The smallest absolute Gasteiger partial charge is 0.263 e. The Morgan fingerprint density at radius 1 is 1.17 bits per heavy atom. The second-order valence-corrected chi connectivity index (χ2v) is 9.31. The number of rotatable bonds is 7. The zero-order valence-corrected chi connectivity index (χ0v) is 20.0. The molecule has 2 aliphatic heterocycles. The molecule has 0 radical (unpaired) electrons. The third kappa shape index (κ3) is 4.60. The zero-order chi connectivity index (χ0) is 25.2. The van der Waals surface area contributed by atoms with Crippen molar-refractivity contribution in [2.24, 2.45) is 5.92 Å². The van der Waals surface area contributed by atoms with E-state index >= 15 is 0 Å². The first-order valence-electron chi connectivity index (χ1n) is 12.0. The van der Waals surface area contributed by atoms with E-state index in [-0.39, 0.29) is 36.0 Å². The van der Waals surface area contributed by atoms with Crippen molar-refractivity contribution in [1.82, 2.24) is 15.0 Å². The van der Waals surface area contributed by atoms with Crippen molar-refractivity contribution in [3.63, 3.8) is 0 Å². The Bertz CT molecular complexity index is 1290. The lowest BCUT2D eigenvalue weighted by Gasteiger charge is -2.36. The average Bonchev–Trinajstić information content (AvgIpc) is 3.48. The number of anilines is 1. The monoisotopic (exact) mass is 490 g/mol. The number of piperidine rings is 1. The van der Waals surface area contributed by atoms with Gasteiger partial charge in [-0.2, -0.15) is 0 Å². The van der Waals surface area contributed by atoms with Crippen LogP contribution < -0.4 is 4.90 Å². The van der Waals surface area contributed by atoms with Crippen LogP contribution in [0.25, 0.3) is 0 Å². The Balaban J connectivity index is 1.31. The molecule has 0 spiro atoms. The van der Waals surface area contributed by atoms with Crippen LogP contribution in [-0.2, 0) is 17.8 Å². The molecule has 1 atom stereocenters. The fourth-order valence-corrected chi connectivity index (χ4v) is 5.06. The van der Waals surface area contributed by atoms with Crippen LogP contribution in [-0.4, -0.2) is 59.4 Å². The van der Waals surface area contributed by atoms with Gasteiger partial charge in [0.25, 0.3) is 11.8 Å². The highest BCUT2D eigenvalue weighted by Crippen LogP contribution is 2.34. The number of aromatic nitrogens is 1. The van der Waals surface area contributed by atoms with Crippen molar-refractivity contribution in [2.75, 3.05) is 31.6 Å². The molecule has 2 aromatic carbocycles. The lowest BCUT2D eigenvalue weighted by Crippen LogP contribution is -2.44. The van der Waals surface area contributed by atoms with Gasteiger partial charge in [-0.3, -0.25) is 19.3 Å². The predicted octanol–water partition coefficient (Wildman–Crippen LogP) is 3.53. The molecule has 0 bridgehead atoms. The quantitative estimate of drug-likeness (QED) is 0.471. The maximum atomic E-state index is 13.5. The third-order valence-corrected chi connectivity index (χ3v) is 6.87. The van der Waals surface area contributed by atoms with E-state index in [2.05, 4.69) is 5.16 Å². The van der Waals surface area contributed by atoms with Gasteiger partial charge >= 0.3 is 0 Å². The molecule has 9 heteroatoms. The van der Waals surface area contributed by atoms with Crippen molar-refractivity contribution in [2.45, 2.75) is 25.8 Å². The Morgan fingerprint density at radius 3 is 2.78 bits per heavy atom. The molecular formula is C27H27FN4O4.